The predicted molar refractivity (Wildman–Crippen MR) is 90.6 cm³/mol. The van der Waals surface area contributed by atoms with Gasteiger partial charge in [-0.05, 0) is 55.8 Å². The van der Waals surface area contributed by atoms with Gasteiger partial charge in [0, 0.05) is 24.9 Å². The van der Waals surface area contributed by atoms with Gasteiger partial charge in [-0.15, -0.1) is 12.4 Å². The molecule has 1 aliphatic rings. The van der Waals surface area contributed by atoms with Crippen LogP contribution in [0.3, 0.4) is 0 Å². The Hall–Kier alpha value is -1.39. The number of aryl methyl sites for hydroxylation is 2. The van der Waals surface area contributed by atoms with Crippen molar-refractivity contribution in [2.75, 3.05) is 13.1 Å². The maximum absolute atomic E-state index is 12.2. The lowest BCUT2D eigenvalue weighted by Gasteiger charge is -2.16. The van der Waals surface area contributed by atoms with Gasteiger partial charge in [0.25, 0.3) is 0 Å². The lowest BCUT2D eigenvalue weighted by molar-refractivity contribution is -0.121. The summed E-state index contributed by atoms with van der Waals surface area (Å²) in [4.78, 5) is 23.7. The van der Waals surface area contributed by atoms with E-state index >= 15 is 0 Å². The first kappa shape index (κ1) is 18.7. The summed E-state index contributed by atoms with van der Waals surface area (Å²) >= 11 is 0. The summed E-state index contributed by atoms with van der Waals surface area (Å²) < 4.78 is 0. The summed E-state index contributed by atoms with van der Waals surface area (Å²) in [5.41, 5.74) is 8.78. The molecule has 2 rings (SSSR count). The molecule has 3 N–H and O–H groups in total. The lowest BCUT2D eigenvalue weighted by atomic mass is 9.89. The molecule has 5 heteroatoms. The second-order valence-electron chi connectivity index (χ2n) is 5.61. The van der Waals surface area contributed by atoms with E-state index in [1.807, 2.05) is 12.1 Å². The largest absolute Gasteiger partial charge is 0.356 e. The Labute approximate surface area is 138 Å². The minimum absolute atomic E-state index is 0. The lowest BCUT2D eigenvalue weighted by Crippen LogP contribution is -2.26. The van der Waals surface area contributed by atoms with E-state index in [0.29, 0.717) is 13.1 Å². The van der Waals surface area contributed by atoms with Crippen LogP contribution < -0.4 is 11.1 Å². The molecule has 4 nitrogen and oxygen atoms in total. The van der Waals surface area contributed by atoms with Crippen molar-refractivity contribution < 1.29 is 9.59 Å². The smallest absolute Gasteiger partial charge is 0.220 e. The third-order valence-electron chi connectivity index (χ3n) is 3.95. The standard InChI is InChI=1S/C17H24N2O2.ClH/c18-10-3-11-19-17(21)9-8-16(20)15-7-6-13-4-1-2-5-14(13)12-15;/h6-7,12H,1-5,8-11,18H2,(H,19,21);1H. The molecule has 0 heterocycles. The second-order valence-corrected chi connectivity index (χ2v) is 5.61. The number of carbonyl (C=O) groups excluding carboxylic acids is 2. The molecule has 0 saturated carbocycles. The highest BCUT2D eigenvalue weighted by atomic mass is 35.5. The van der Waals surface area contributed by atoms with Crippen molar-refractivity contribution in [1.82, 2.24) is 5.32 Å². The van der Waals surface area contributed by atoms with Gasteiger partial charge < -0.3 is 11.1 Å². The number of nitrogens with one attached hydrogen (secondary N) is 1. The number of ketones is 1. The third kappa shape index (κ3) is 5.43. The average molecular weight is 325 g/mol. The van der Waals surface area contributed by atoms with Crippen molar-refractivity contribution in [2.24, 2.45) is 5.73 Å². The molecule has 0 radical (unpaired) electrons. The maximum Gasteiger partial charge on any atom is 0.220 e. The number of carbonyl (C=O) groups is 2. The van der Waals surface area contributed by atoms with Crippen LogP contribution in [0.4, 0.5) is 0 Å². The van der Waals surface area contributed by atoms with Gasteiger partial charge in [-0.3, -0.25) is 9.59 Å². The highest BCUT2D eigenvalue weighted by Crippen LogP contribution is 2.22. The number of hydrogen-bond donors (Lipinski definition) is 2. The number of Topliss-reactive ketones (excluding diaryl/α,β-unsaturated/α-hetero) is 1. The van der Waals surface area contributed by atoms with E-state index in [-0.39, 0.29) is 36.9 Å². The number of rotatable bonds is 7. The van der Waals surface area contributed by atoms with Crippen LogP contribution >= 0.6 is 12.4 Å². The van der Waals surface area contributed by atoms with Crippen LogP contribution in [-0.2, 0) is 17.6 Å². The van der Waals surface area contributed by atoms with E-state index in [0.717, 1.165) is 24.8 Å². The summed E-state index contributed by atoms with van der Waals surface area (Å²) in [6.07, 6.45) is 5.92. The number of benzene rings is 1. The first-order valence-corrected chi connectivity index (χ1v) is 7.82. The molecule has 0 aromatic heterocycles. The van der Waals surface area contributed by atoms with E-state index in [1.54, 1.807) is 0 Å². The monoisotopic (exact) mass is 324 g/mol. The Balaban J connectivity index is 0.00000242. The summed E-state index contributed by atoms with van der Waals surface area (Å²) in [7, 11) is 0. The second kappa shape index (κ2) is 9.59. The average Bonchev–Trinajstić information content (AvgIpc) is 2.52. The molecule has 0 fully saturated rings. The van der Waals surface area contributed by atoms with Crippen LogP contribution in [0.2, 0.25) is 0 Å². The Kier molecular flexibility index (Phi) is 8.13. The minimum Gasteiger partial charge on any atom is -0.356 e. The van der Waals surface area contributed by atoms with Gasteiger partial charge in [0.1, 0.15) is 0 Å². The van der Waals surface area contributed by atoms with Crippen LogP contribution in [0, 0.1) is 0 Å². The molecule has 1 aromatic rings. The Morgan fingerprint density at radius 2 is 1.82 bits per heavy atom. The van der Waals surface area contributed by atoms with Crippen molar-refractivity contribution in [2.45, 2.75) is 44.9 Å². The van der Waals surface area contributed by atoms with Crippen molar-refractivity contribution in [3.63, 3.8) is 0 Å². The first-order chi connectivity index (χ1) is 10.2. The van der Waals surface area contributed by atoms with Gasteiger partial charge >= 0.3 is 0 Å². The van der Waals surface area contributed by atoms with Gasteiger partial charge in [-0.25, -0.2) is 0 Å². The SMILES string of the molecule is Cl.NCCCNC(=O)CCC(=O)c1ccc2c(c1)CCCC2. The molecule has 0 saturated heterocycles. The highest BCUT2D eigenvalue weighted by Gasteiger charge is 2.13. The number of halogens is 1. The zero-order valence-corrected chi connectivity index (χ0v) is 13.7. The number of nitrogens with two attached hydrogens (primary N) is 1. The molecule has 0 spiro atoms. The fraction of sp³-hybridized carbons (Fsp3) is 0.529. The van der Waals surface area contributed by atoms with E-state index < -0.39 is 0 Å². The van der Waals surface area contributed by atoms with Crippen LogP contribution in [0.15, 0.2) is 18.2 Å². The normalized spacial score (nSPS) is 13.0. The maximum atomic E-state index is 12.2. The van der Waals surface area contributed by atoms with Gasteiger partial charge in [-0.2, -0.15) is 0 Å². The quantitative estimate of drug-likeness (QED) is 0.597. The molecular weight excluding hydrogens is 300 g/mol. The van der Waals surface area contributed by atoms with Crippen LogP contribution in [0.1, 0.15) is 53.6 Å². The fourth-order valence-corrected chi connectivity index (χ4v) is 2.70. The zero-order chi connectivity index (χ0) is 15.1. The molecule has 0 aliphatic heterocycles. The third-order valence-corrected chi connectivity index (χ3v) is 3.95. The minimum atomic E-state index is -0.0743. The van der Waals surface area contributed by atoms with E-state index in [9.17, 15) is 9.59 Å². The topological polar surface area (TPSA) is 72.2 Å². The van der Waals surface area contributed by atoms with Crippen molar-refractivity contribution in [3.8, 4) is 0 Å². The van der Waals surface area contributed by atoms with Gasteiger partial charge in [-0.1, -0.05) is 12.1 Å². The summed E-state index contributed by atoms with van der Waals surface area (Å²) in [6, 6.07) is 5.99. The number of hydrogen-bond acceptors (Lipinski definition) is 3. The summed E-state index contributed by atoms with van der Waals surface area (Å²) in [5.74, 6) is -0.0212. The molecule has 1 amide bonds. The number of amides is 1. The van der Waals surface area contributed by atoms with E-state index in [1.165, 1.54) is 24.0 Å². The van der Waals surface area contributed by atoms with Crippen LogP contribution in [-0.4, -0.2) is 24.8 Å². The summed E-state index contributed by atoms with van der Waals surface area (Å²) in [6.45, 7) is 1.15. The zero-order valence-electron chi connectivity index (χ0n) is 12.9. The van der Waals surface area contributed by atoms with Crippen molar-refractivity contribution in [1.29, 1.82) is 0 Å². The Bertz CT molecular complexity index is 517. The van der Waals surface area contributed by atoms with Gasteiger partial charge in [0.15, 0.2) is 5.78 Å². The molecular formula is C17H25ClN2O2. The number of fused-ring (bicyclic) bond motifs is 1. The molecule has 0 atom stereocenters. The molecule has 0 bridgehead atoms. The Morgan fingerprint density at radius 1 is 1.09 bits per heavy atom. The fourth-order valence-electron chi connectivity index (χ4n) is 2.70. The molecule has 122 valence electrons. The van der Waals surface area contributed by atoms with Crippen LogP contribution in [0.5, 0.6) is 0 Å². The Morgan fingerprint density at radius 3 is 2.55 bits per heavy atom. The van der Waals surface area contributed by atoms with Gasteiger partial charge in [0.05, 0.1) is 0 Å². The van der Waals surface area contributed by atoms with Crippen molar-refractivity contribution >= 4 is 24.1 Å². The molecule has 1 aromatic carbocycles. The van der Waals surface area contributed by atoms with E-state index in [4.69, 9.17) is 5.73 Å². The van der Waals surface area contributed by atoms with Crippen LogP contribution in [0.25, 0.3) is 0 Å². The van der Waals surface area contributed by atoms with Crippen molar-refractivity contribution in [3.05, 3.63) is 34.9 Å². The highest BCUT2D eigenvalue weighted by molar-refractivity contribution is 5.98. The molecule has 1 aliphatic carbocycles. The van der Waals surface area contributed by atoms with Gasteiger partial charge in [0.2, 0.25) is 5.91 Å². The molecule has 22 heavy (non-hydrogen) atoms. The van der Waals surface area contributed by atoms with E-state index in [2.05, 4.69) is 11.4 Å². The predicted octanol–water partition coefficient (Wildman–Crippen LogP) is 2.42. The summed E-state index contributed by atoms with van der Waals surface area (Å²) in [5, 5.41) is 2.77. The molecule has 0 unspecified atom stereocenters. The first-order valence-electron chi connectivity index (χ1n) is 7.82.